The first kappa shape index (κ1) is 12.7. The molecule has 0 saturated carbocycles. The summed E-state index contributed by atoms with van der Waals surface area (Å²) in [5.41, 5.74) is 0.857. The van der Waals surface area contributed by atoms with E-state index in [0.29, 0.717) is 6.04 Å². The van der Waals surface area contributed by atoms with Crippen molar-refractivity contribution < 1.29 is 4.92 Å². The molecule has 1 aliphatic heterocycles. The van der Waals surface area contributed by atoms with Crippen LogP contribution in [0.3, 0.4) is 0 Å². The van der Waals surface area contributed by atoms with Crippen molar-refractivity contribution in [1.29, 1.82) is 5.26 Å². The molecule has 18 heavy (non-hydrogen) atoms. The molecule has 6 heteroatoms. The third-order valence-corrected chi connectivity index (χ3v) is 4.30. The normalized spacial score (nSPS) is 18.3. The molecule has 0 aromatic heterocycles. The Balaban J connectivity index is 2.29. The lowest BCUT2D eigenvalue weighted by Crippen LogP contribution is -2.31. The second-order valence-corrected chi connectivity index (χ2v) is 5.35. The zero-order valence-electron chi connectivity index (χ0n) is 10.00. The molecular formula is C12H13N3O2S. The van der Waals surface area contributed by atoms with E-state index in [9.17, 15) is 10.1 Å². The molecule has 1 fully saturated rings. The zero-order valence-corrected chi connectivity index (χ0v) is 10.8. The Morgan fingerprint density at radius 2 is 2.39 bits per heavy atom. The van der Waals surface area contributed by atoms with E-state index in [1.807, 2.05) is 24.9 Å². The number of nitro groups is 1. The van der Waals surface area contributed by atoms with Crippen molar-refractivity contribution in [3.8, 4) is 6.07 Å². The summed E-state index contributed by atoms with van der Waals surface area (Å²) >= 11 is 1.91. The van der Waals surface area contributed by atoms with E-state index in [-0.39, 0.29) is 11.3 Å². The second kappa shape index (κ2) is 5.27. The molecule has 1 aromatic rings. The SMILES string of the molecule is CN(c1ccc([N+](=O)[O-])c(C#N)c1)C1CCSC1. The van der Waals surface area contributed by atoms with Gasteiger partial charge < -0.3 is 4.90 Å². The van der Waals surface area contributed by atoms with Crippen LogP contribution >= 0.6 is 11.8 Å². The van der Waals surface area contributed by atoms with Gasteiger partial charge in [0.1, 0.15) is 11.6 Å². The number of anilines is 1. The lowest BCUT2D eigenvalue weighted by Gasteiger charge is -2.26. The largest absolute Gasteiger partial charge is 0.371 e. The summed E-state index contributed by atoms with van der Waals surface area (Å²) in [6.45, 7) is 0. The van der Waals surface area contributed by atoms with Gasteiger partial charge in [0.25, 0.3) is 5.69 Å². The van der Waals surface area contributed by atoms with Gasteiger partial charge in [0, 0.05) is 30.6 Å². The summed E-state index contributed by atoms with van der Waals surface area (Å²) in [5, 5.41) is 19.7. The quantitative estimate of drug-likeness (QED) is 0.618. The van der Waals surface area contributed by atoms with Gasteiger partial charge in [0.05, 0.1) is 4.92 Å². The summed E-state index contributed by atoms with van der Waals surface area (Å²) < 4.78 is 0. The van der Waals surface area contributed by atoms with Gasteiger partial charge >= 0.3 is 0 Å². The molecule has 0 spiro atoms. The van der Waals surface area contributed by atoms with Gasteiger partial charge in [-0.2, -0.15) is 17.0 Å². The van der Waals surface area contributed by atoms with E-state index in [1.165, 1.54) is 6.07 Å². The lowest BCUT2D eigenvalue weighted by molar-refractivity contribution is -0.385. The number of hydrogen-bond acceptors (Lipinski definition) is 5. The molecular weight excluding hydrogens is 250 g/mol. The standard InChI is InChI=1S/C12H13N3O2S/c1-14(11-4-5-18-8-11)10-2-3-12(15(16)17)9(6-10)7-13/h2-3,6,11H,4-5,8H2,1H3. The summed E-state index contributed by atoms with van der Waals surface area (Å²) in [7, 11) is 1.97. The van der Waals surface area contributed by atoms with Crippen molar-refractivity contribution in [3.05, 3.63) is 33.9 Å². The van der Waals surface area contributed by atoms with Gasteiger partial charge in [0.2, 0.25) is 0 Å². The molecule has 0 amide bonds. The predicted octanol–water partition coefficient (Wildman–Crippen LogP) is 2.41. The molecule has 0 aliphatic carbocycles. The molecule has 1 saturated heterocycles. The van der Waals surface area contributed by atoms with Crippen LogP contribution in [0, 0.1) is 21.4 Å². The van der Waals surface area contributed by atoms with E-state index in [2.05, 4.69) is 4.90 Å². The molecule has 1 unspecified atom stereocenters. The highest BCUT2D eigenvalue weighted by atomic mass is 32.2. The smallest absolute Gasteiger partial charge is 0.287 e. The Morgan fingerprint density at radius 3 is 2.94 bits per heavy atom. The van der Waals surface area contributed by atoms with Crippen molar-refractivity contribution in [3.63, 3.8) is 0 Å². The molecule has 1 heterocycles. The third-order valence-electron chi connectivity index (χ3n) is 3.16. The predicted molar refractivity (Wildman–Crippen MR) is 71.9 cm³/mol. The minimum atomic E-state index is -0.520. The average molecular weight is 263 g/mol. The van der Waals surface area contributed by atoms with E-state index in [4.69, 9.17) is 5.26 Å². The lowest BCUT2D eigenvalue weighted by atomic mass is 10.1. The molecule has 0 bridgehead atoms. The highest BCUT2D eigenvalue weighted by Crippen LogP contribution is 2.29. The fourth-order valence-corrected chi connectivity index (χ4v) is 3.30. The highest BCUT2D eigenvalue weighted by Gasteiger charge is 2.22. The maximum atomic E-state index is 10.8. The number of benzene rings is 1. The number of hydrogen-bond donors (Lipinski definition) is 0. The van der Waals surface area contributed by atoms with E-state index in [1.54, 1.807) is 12.1 Å². The monoisotopic (exact) mass is 263 g/mol. The fraction of sp³-hybridized carbons (Fsp3) is 0.417. The molecule has 5 nitrogen and oxygen atoms in total. The Kier molecular flexibility index (Phi) is 3.72. The van der Waals surface area contributed by atoms with Crippen molar-refractivity contribution >= 4 is 23.1 Å². The first-order chi connectivity index (χ1) is 8.63. The molecule has 1 atom stereocenters. The van der Waals surface area contributed by atoms with E-state index < -0.39 is 4.92 Å². The summed E-state index contributed by atoms with van der Waals surface area (Å²) in [4.78, 5) is 12.3. The van der Waals surface area contributed by atoms with E-state index >= 15 is 0 Å². The van der Waals surface area contributed by atoms with Crippen molar-refractivity contribution in [2.45, 2.75) is 12.5 Å². The average Bonchev–Trinajstić information content (AvgIpc) is 2.90. The first-order valence-electron chi connectivity index (χ1n) is 5.62. The summed E-state index contributed by atoms with van der Waals surface area (Å²) in [6, 6.07) is 7.05. The van der Waals surface area contributed by atoms with Gasteiger partial charge in [-0.05, 0) is 24.3 Å². The minimum absolute atomic E-state index is 0.120. The molecule has 94 valence electrons. The summed E-state index contributed by atoms with van der Waals surface area (Å²) in [6.07, 6.45) is 1.11. The Morgan fingerprint density at radius 1 is 1.61 bits per heavy atom. The van der Waals surface area contributed by atoms with Crippen molar-refractivity contribution in [2.24, 2.45) is 0 Å². The Bertz CT molecular complexity index is 507. The second-order valence-electron chi connectivity index (χ2n) is 4.20. The first-order valence-corrected chi connectivity index (χ1v) is 6.78. The van der Waals surface area contributed by atoms with Crippen LogP contribution in [0.5, 0.6) is 0 Å². The molecule has 0 radical (unpaired) electrons. The zero-order chi connectivity index (χ0) is 13.1. The Hall–Kier alpha value is -1.74. The van der Waals surface area contributed by atoms with Crippen LogP contribution < -0.4 is 4.90 Å². The van der Waals surface area contributed by atoms with Crippen LogP contribution in [-0.2, 0) is 0 Å². The van der Waals surface area contributed by atoms with Crippen LogP contribution in [0.4, 0.5) is 11.4 Å². The van der Waals surface area contributed by atoms with Crippen LogP contribution in [-0.4, -0.2) is 29.5 Å². The molecule has 0 N–H and O–H groups in total. The number of nitrogens with zero attached hydrogens (tertiary/aromatic N) is 3. The van der Waals surface area contributed by atoms with Crippen molar-refractivity contribution in [2.75, 3.05) is 23.5 Å². The maximum absolute atomic E-state index is 10.8. The number of nitro benzene ring substituents is 1. The topological polar surface area (TPSA) is 70.2 Å². The summed E-state index contributed by atoms with van der Waals surface area (Å²) in [5.74, 6) is 2.21. The highest BCUT2D eigenvalue weighted by molar-refractivity contribution is 7.99. The van der Waals surface area contributed by atoms with Gasteiger partial charge in [0.15, 0.2) is 0 Å². The number of nitriles is 1. The molecule has 2 rings (SSSR count). The third kappa shape index (κ3) is 2.41. The number of rotatable bonds is 3. The van der Waals surface area contributed by atoms with Gasteiger partial charge in [-0.15, -0.1) is 0 Å². The van der Waals surface area contributed by atoms with Crippen LogP contribution in [0.15, 0.2) is 18.2 Å². The van der Waals surface area contributed by atoms with Gasteiger partial charge in [-0.3, -0.25) is 10.1 Å². The van der Waals surface area contributed by atoms with E-state index in [0.717, 1.165) is 23.6 Å². The molecule has 1 aliphatic rings. The number of thioether (sulfide) groups is 1. The van der Waals surface area contributed by atoms with Gasteiger partial charge in [-0.1, -0.05) is 0 Å². The fourth-order valence-electron chi connectivity index (χ4n) is 2.03. The minimum Gasteiger partial charge on any atom is -0.371 e. The maximum Gasteiger partial charge on any atom is 0.287 e. The van der Waals surface area contributed by atoms with Crippen LogP contribution in [0.1, 0.15) is 12.0 Å². The van der Waals surface area contributed by atoms with Crippen LogP contribution in [0.25, 0.3) is 0 Å². The Labute approximate surface area is 110 Å². The van der Waals surface area contributed by atoms with Crippen molar-refractivity contribution in [1.82, 2.24) is 0 Å². The van der Waals surface area contributed by atoms with Crippen LogP contribution in [0.2, 0.25) is 0 Å². The molecule has 1 aromatic carbocycles. The van der Waals surface area contributed by atoms with Gasteiger partial charge in [-0.25, -0.2) is 0 Å².